The molecule has 3 heterocycles. The first-order chi connectivity index (χ1) is 16.4. The van der Waals surface area contributed by atoms with E-state index in [0.717, 1.165) is 29.2 Å². The highest BCUT2D eigenvalue weighted by atomic mass is 19.3. The highest BCUT2D eigenvalue weighted by Gasteiger charge is 2.33. The van der Waals surface area contributed by atoms with Gasteiger partial charge in [0.05, 0.1) is 12.8 Å². The van der Waals surface area contributed by atoms with Crippen molar-refractivity contribution >= 4 is 29.1 Å². The summed E-state index contributed by atoms with van der Waals surface area (Å²) < 4.78 is 27.1. The van der Waals surface area contributed by atoms with Gasteiger partial charge in [-0.3, -0.25) is 9.78 Å². The van der Waals surface area contributed by atoms with E-state index in [1.54, 1.807) is 35.7 Å². The molecule has 0 N–H and O–H groups in total. The van der Waals surface area contributed by atoms with Gasteiger partial charge in [0.2, 0.25) is 0 Å². The number of halogens is 2. The van der Waals surface area contributed by atoms with E-state index < -0.39 is 5.92 Å². The minimum Gasteiger partial charge on any atom is -0.271 e. The van der Waals surface area contributed by atoms with Gasteiger partial charge in [0.15, 0.2) is 5.84 Å². The summed E-state index contributed by atoms with van der Waals surface area (Å²) >= 11 is 0. The van der Waals surface area contributed by atoms with Gasteiger partial charge in [-0.2, -0.15) is 5.10 Å². The summed E-state index contributed by atoms with van der Waals surface area (Å²) in [5.41, 5.74) is 4.21. The lowest BCUT2D eigenvalue weighted by Crippen LogP contribution is -2.46. The number of pyridine rings is 1. The second-order valence-corrected chi connectivity index (χ2v) is 8.15. The van der Waals surface area contributed by atoms with E-state index in [-0.39, 0.29) is 24.6 Å². The lowest BCUT2D eigenvalue weighted by Gasteiger charge is -2.34. The minimum atomic E-state index is -2.92. The van der Waals surface area contributed by atoms with Gasteiger partial charge in [-0.05, 0) is 28.8 Å². The first-order valence-corrected chi connectivity index (χ1v) is 10.8. The number of amidine groups is 1. The third-order valence-corrected chi connectivity index (χ3v) is 5.70. The first kappa shape index (κ1) is 21.6. The number of benzene rings is 2. The van der Waals surface area contributed by atoms with Crippen LogP contribution in [0.5, 0.6) is 0 Å². The van der Waals surface area contributed by atoms with E-state index in [0.29, 0.717) is 11.4 Å². The van der Waals surface area contributed by atoms with E-state index >= 15 is 0 Å². The Morgan fingerprint density at radius 2 is 1.65 bits per heavy atom. The van der Waals surface area contributed by atoms with Crippen molar-refractivity contribution in [2.75, 3.05) is 6.54 Å². The minimum absolute atomic E-state index is 0.0249. The Morgan fingerprint density at radius 1 is 0.941 bits per heavy atom. The van der Waals surface area contributed by atoms with Gasteiger partial charge in [0.25, 0.3) is 11.8 Å². The number of fused-ring (bicyclic) bond motifs is 1. The maximum Gasteiger partial charge on any atom is 0.270 e. The number of nitrogens with zero attached hydrogens (tertiary/aromatic N) is 5. The largest absolute Gasteiger partial charge is 0.271 e. The molecule has 2 aromatic carbocycles. The number of alkyl halides is 2. The predicted octanol–water partition coefficient (Wildman–Crippen LogP) is 4.76. The molecule has 3 aromatic rings. The van der Waals surface area contributed by atoms with Gasteiger partial charge in [0.1, 0.15) is 6.54 Å². The molecule has 0 saturated carbocycles. The lowest BCUT2D eigenvalue weighted by atomic mass is 9.93. The second kappa shape index (κ2) is 8.62. The highest BCUT2D eigenvalue weighted by molar-refractivity contribution is 6.39. The van der Waals surface area contributed by atoms with Crippen molar-refractivity contribution in [2.45, 2.75) is 19.4 Å². The fraction of sp³-hybridized carbons (Fsp3) is 0.154. The third kappa shape index (κ3) is 4.22. The number of aromatic nitrogens is 1. The Balaban J connectivity index is 1.55. The summed E-state index contributed by atoms with van der Waals surface area (Å²) in [6.45, 7) is 1.05. The SMILES string of the molecule is CC(F)(F)c1ccc(CN2N=C3C(c4ccncc4)=C(c4ccccc4)C=NN3CC2=O)cc1. The van der Waals surface area contributed by atoms with E-state index in [1.807, 2.05) is 42.5 Å². The van der Waals surface area contributed by atoms with E-state index in [9.17, 15) is 13.6 Å². The maximum absolute atomic E-state index is 13.6. The van der Waals surface area contributed by atoms with Crippen LogP contribution in [0.4, 0.5) is 8.78 Å². The quantitative estimate of drug-likeness (QED) is 0.555. The summed E-state index contributed by atoms with van der Waals surface area (Å²) in [5.74, 6) is -2.61. The zero-order valence-electron chi connectivity index (χ0n) is 18.4. The van der Waals surface area contributed by atoms with Crippen molar-refractivity contribution in [3.8, 4) is 0 Å². The van der Waals surface area contributed by atoms with Gasteiger partial charge in [-0.1, -0.05) is 54.6 Å². The molecular formula is C26H21F2N5O. The third-order valence-electron chi connectivity index (χ3n) is 5.70. The van der Waals surface area contributed by atoms with Crippen LogP contribution in [-0.4, -0.2) is 39.5 Å². The van der Waals surface area contributed by atoms with Crippen LogP contribution in [0.2, 0.25) is 0 Å². The zero-order chi connectivity index (χ0) is 23.7. The van der Waals surface area contributed by atoms with Crippen LogP contribution in [0, 0.1) is 0 Å². The molecule has 1 amide bonds. The van der Waals surface area contributed by atoms with Crippen molar-refractivity contribution in [1.82, 2.24) is 15.0 Å². The molecule has 8 heteroatoms. The Bertz CT molecular complexity index is 1300. The molecule has 0 saturated heterocycles. The van der Waals surface area contributed by atoms with Crippen molar-refractivity contribution in [2.24, 2.45) is 10.2 Å². The summed E-state index contributed by atoms with van der Waals surface area (Å²) in [6, 6.07) is 19.6. The average Bonchev–Trinajstić information content (AvgIpc) is 2.85. The number of hydrazone groups is 2. The van der Waals surface area contributed by atoms with Crippen molar-refractivity contribution in [3.05, 3.63) is 101 Å². The fourth-order valence-electron chi connectivity index (χ4n) is 3.93. The summed E-state index contributed by atoms with van der Waals surface area (Å²) in [7, 11) is 0. The molecule has 170 valence electrons. The normalized spacial score (nSPS) is 16.0. The molecule has 1 aromatic heterocycles. The molecule has 2 aliphatic heterocycles. The Morgan fingerprint density at radius 3 is 2.32 bits per heavy atom. The van der Waals surface area contributed by atoms with Gasteiger partial charge in [0, 0.05) is 36.0 Å². The molecule has 0 aliphatic carbocycles. The average molecular weight is 457 g/mol. The molecule has 0 fully saturated rings. The van der Waals surface area contributed by atoms with E-state index in [1.165, 1.54) is 17.1 Å². The standard InChI is InChI=1S/C26H21F2N5O/c1-26(27,28)21-9-7-18(8-10-21)16-32-23(34)17-33-25(31-32)24(20-11-13-29-14-12-20)22(15-30-33)19-5-3-2-4-6-19/h2-15H,16-17H2,1H3. The Kier molecular flexibility index (Phi) is 5.49. The number of amides is 1. The van der Waals surface area contributed by atoms with Gasteiger partial charge >= 0.3 is 0 Å². The van der Waals surface area contributed by atoms with Crippen LogP contribution in [0.3, 0.4) is 0 Å². The lowest BCUT2D eigenvalue weighted by molar-refractivity contribution is -0.133. The smallest absolute Gasteiger partial charge is 0.270 e. The molecule has 0 bridgehead atoms. The van der Waals surface area contributed by atoms with Gasteiger partial charge in [-0.25, -0.2) is 18.8 Å². The number of rotatable bonds is 5. The topological polar surface area (TPSA) is 61.2 Å². The van der Waals surface area contributed by atoms with Crippen LogP contribution < -0.4 is 0 Å². The summed E-state index contributed by atoms with van der Waals surface area (Å²) in [6.07, 6.45) is 5.16. The van der Waals surface area contributed by atoms with E-state index in [2.05, 4.69) is 15.2 Å². The van der Waals surface area contributed by atoms with Crippen LogP contribution in [0.15, 0.2) is 89.3 Å². The first-order valence-electron chi connectivity index (χ1n) is 10.8. The van der Waals surface area contributed by atoms with Gasteiger partial charge < -0.3 is 0 Å². The highest BCUT2D eigenvalue weighted by Crippen LogP contribution is 2.33. The van der Waals surface area contributed by atoms with E-state index in [4.69, 9.17) is 0 Å². The van der Waals surface area contributed by atoms with Crippen LogP contribution >= 0.6 is 0 Å². The number of carbonyl (C=O) groups excluding carboxylic acids is 1. The summed E-state index contributed by atoms with van der Waals surface area (Å²) in [5, 5.41) is 12.1. The number of allylic oxidation sites excluding steroid dienone is 1. The molecule has 0 unspecified atom stereocenters. The monoisotopic (exact) mass is 457 g/mol. The molecule has 2 aliphatic rings. The number of hydrogen-bond acceptors (Lipinski definition) is 5. The second-order valence-electron chi connectivity index (χ2n) is 8.15. The molecule has 0 atom stereocenters. The molecular weight excluding hydrogens is 436 g/mol. The molecule has 5 rings (SSSR count). The molecule has 0 radical (unpaired) electrons. The fourth-order valence-corrected chi connectivity index (χ4v) is 3.93. The zero-order valence-corrected chi connectivity index (χ0v) is 18.4. The predicted molar refractivity (Wildman–Crippen MR) is 127 cm³/mol. The van der Waals surface area contributed by atoms with Crippen molar-refractivity contribution in [3.63, 3.8) is 0 Å². The van der Waals surface area contributed by atoms with Crippen LogP contribution in [-0.2, 0) is 17.3 Å². The Labute approximate surface area is 195 Å². The molecule has 34 heavy (non-hydrogen) atoms. The number of carbonyl (C=O) groups is 1. The van der Waals surface area contributed by atoms with Crippen molar-refractivity contribution in [1.29, 1.82) is 0 Å². The maximum atomic E-state index is 13.6. The molecule has 0 spiro atoms. The van der Waals surface area contributed by atoms with Gasteiger partial charge in [-0.15, -0.1) is 5.10 Å². The van der Waals surface area contributed by atoms with Crippen LogP contribution in [0.1, 0.15) is 29.2 Å². The number of hydrogen-bond donors (Lipinski definition) is 0. The molecule has 6 nitrogen and oxygen atoms in total. The summed E-state index contributed by atoms with van der Waals surface area (Å²) in [4.78, 5) is 17.0. The van der Waals surface area contributed by atoms with Crippen molar-refractivity contribution < 1.29 is 13.6 Å². The van der Waals surface area contributed by atoms with Crippen LogP contribution in [0.25, 0.3) is 11.1 Å². The Hall–Kier alpha value is -4.20.